The van der Waals surface area contributed by atoms with E-state index in [1.807, 2.05) is 6.92 Å². The van der Waals surface area contributed by atoms with Crippen LogP contribution in [0.25, 0.3) is 0 Å². The number of rotatable bonds is 1. The molecule has 0 spiro atoms. The highest BCUT2D eigenvalue weighted by molar-refractivity contribution is 9.10. The Morgan fingerprint density at radius 3 is 2.77 bits per heavy atom. The molecule has 13 heavy (non-hydrogen) atoms. The van der Waals surface area contributed by atoms with Gasteiger partial charge in [-0.1, -0.05) is 11.6 Å². The molecule has 0 aliphatic carbocycles. The number of hydroxylamine groups is 1. The van der Waals surface area contributed by atoms with E-state index in [0.717, 1.165) is 5.56 Å². The fourth-order valence-corrected chi connectivity index (χ4v) is 1.68. The summed E-state index contributed by atoms with van der Waals surface area (Å²) >= 11 is 9.00. The van der Waals surface area contributed by atoms with Crippen molar-refractivity contribution in [1.29, 1.82) is 0 Å². The third-order valence-corrected chi connectivity index (χ3v) is 2.66. The molecule has 3 nitrogen and oxygen atoms in total. The van der Waals surface area contributed by atoms with Crippen molar-refractivity contribution in [3.63, 3.8) is 0 Å². The highest BCUT2D eigenvalue weighted by atomic mass is 79.9. The first-order chi connectivity index (χ1) is 6.06. The van der Waals surface area contributed by atoms with Crippen LogP contribution in [0.3, 0.4) is 0 Å². The molecule has 70 valence electrons. The zero-order valence-electron chi connectivity index (χ0n) is 6.77. The summed E-state index contributed by atoms with van der Waals surface area (Å²) in [6, 6.07) is 3.21. The number of hydrogen-bond donors (Lipinski definition) is 2. The predicted octanol–water partition coefficient (Wildman–Crippen LogP) is 2.53. The third-order valence-electron chi connectivity index (χ3n) is 1.59. The molecule has 1 aromatic carbocycles. The molecule has 5 heteroatoms. The third kappa shape index (κ3) is 2.21. The fourth-order valence-electron chi connectivity index (χ4n) is 0.881. The van der Waals surface area contributed by atoms with E-state index >= 15 is 0 Å². The first-order valence-electron chi connectivity index (χ1n) is 3.46. The van der Waals surface area contributed by atoms with Crippen molar-refractivity contribution >= 4 is 33.4 Å². The lowest BCUT2D eigenvalue weighted by molar-refractivity contribution is 0.0705. The summed E-state index contributed by atoms with van der Waals surface area (Å²) in [6.07, 6.45) is 0. The molecular formula is C8H7BrClNO2. The second kappa shape index (κ2) is 4.09. The summed E-state index contributed by atoms with van der Waals surface area (Å²) < 4.78 is 0.598. The van der Waals surface area contributed by atoms with Crippen LogP contribution in [0.15, 0.2) is 16.6 Å². The van der Waals surface area contributed by atoms with Crippen LogP contribution in [0.4, 0.5) is 0 Å². The zero-order chi connectivity index (χ0) is 10.0. The Balaban J connectivity index is 3.23. The Labute approximate surface area is 88.8 Å². The van der Waals surface area contributed by atoms with Gasteiger partial charge < -0.3 is 0 Å². The normalized spacial score (nSPS) is 9.85. The second-order valence-electron chi connectivity index (χ2n) is 2.52. The topological polar surface area (TPSA) is 49.3 Å². The Hall–Kier alpha value is -0.580. The molecule has 0 saturated heterocycles. The van der Waals surface area contributed by atoms with E-state index in [-0.39, 0.29) is 0 Å². The van der Waals surface area contributed by atoms with Crippen LogP contribution in [0.5, 0.6) is 0 Å². The SMILES string of the molecule is Cc1cc(Br)c(C(=O)NO)cc1Cl. The minimum Gasteiger partial charge on any atom is -0.288 e. The fraction of sp³-hybridized carbons (Fsp3) is 0.125. The van der Waals surface area contributed by atoms with Gasteiger partial charge in [0.25, 0.3) is 5.91 Å². The van der Waals surface area contributed by atoms with Crippen molar-refractivity contribution in [3.8, 4) is 0 Å². The Bertz CT molecular complexity index is 354. The summed E-state index contributed by atoms with van der Waals surface area (Å²) in [5.74, 6) is -0.589. The van der Waals surface area contributed by atoms with E-state index < -0.39 is 5.91 Å². The van der Waals surface area contributed by atoms with Crippen LogP contribution in [0.1, 0.15) is 15.9 Å². The highest BCUT2D eigenvalue weighted by Crippen LogP contribution is 2.24. The molecule has 2 N–H and O–H groups in total. The Kier molecular flexibility index (Phi) is 3.30. The molecule has 0 aliphatic heterocycles. The molecule has 0 aromatic heterocycles. The maximum absolute atomic E-state index is 11.0. The van der Waals surface area contributed by atoms with Gasteiger partial charge in [-0.3, -0.25) is 10.0 Å². The molecular weight excluding hydrogens is 257 g/mol. The monoisotopic (exact) mass is 263 g/mol. The summed E-state index contributed by atoms with van der Waals surface area (Å²) in [4.78, 5) is 11.0. The van der Waals surface area contributed by atoms with Crippen LogP contribution < -0.4 is 5.48 Å². The lowest BCUT2D eigenvalue weighted by Gasteiger charge is -2.04. The van der Waals surface area contributed by atoms with Gasteiger partial charge in [0.05, 0.1) is 5.56 Å². The van der Waals surface area contributed by atoms with E-state index in [9.17, 15) is 4.79 Å². The molecule has 1 aromatic rings. The van der Waals surface area contributed by atoms with Crippen molar-refractivity contribution < 1.29 is 10.0 Å². The van der Waals surface area contributed by atoms with Gasteiger partial charge >= 0.3 is 0 Å². The first kappa shape index (κ1) is 10.5. The number of benzene rings is 1. The second-order valence-corrected chi connectivity index (χ2v) is 3.78. The molecule has 0 heterocycles. The van der Waals surface area contributed by atoms with Gasteiger partial charge in [0, 0.05) is 9.50 Å². The van der Waals surface area contributed by atoms with Gasteiger partial charge in [-0.05, 0) is 40.5 Å². The van der Waals surface area contributed by atoms with Gasteiger partial charge in [-0.25, -0.2) is 5.48 Å². The van der Waals surface area contributed by atoms with Gasteiger partial charge in [0.1, 0.15) is 0 Å². The number of carbonyl (C=O) groups is 1. The number of nitrogens with one attached hydrogen (secondary N) is 1. The molecule has 1 amide bonds. The number of halogens is 2. The van der Waals surface area contributed by atoms with Gasteiger partial charge in [0.2, 0.25) is 0 Å². The first-order valence-corrected chi connectivity index (χ1v) is 4.63. The van der Waals surface area contributed by atoms with E-state index in [1.54, 1.807) is 11.5 Å². The summed E-state index contributed by atoms with van der Waals surface area (Å²) in [5.41, 5.74) is 2.71. The minimum absolute atomic E-state index is 0.304. The zero-order valence-corrected chi connectivity index (χ0v) is 9.11. The Morgan fingerprint density at radius 2 is 2.23 bits per heavy atom. The van der Waals surface area contributed by atoms with Crippen molar-refractivity contribution in [2.75, 3.05) is 0 Å². The van der Waals surface area contributed by atoms with E-state index in [2.05, 4.69) is 15.9 Å². The maximum atomic E-state index is 11.0. The molecule has 0 bridgehead atoms. The summed E-state index contributed by atoms with van der Waals surface area (Å²) in [7, 11) is 0. The molecule has 0 saturated carbocycles. The van der Waals surface area contributed by atoms with Crippen LogP contribution in [-0.2, 0) is 0 Å². The van der Waals surface area contributed by atoms with Crippen molar-refractivity contribution in [2.24, 2.45) is 0 Å². The molecule has 0 unspecified atom stereocenters. The number of aryl methyl sites for hydroxylation is 1. The lowest BCUT2D eigenvalue weighted by Crippen LogP contribution is -2.19. The standard InChI is InChI=1S/C8H7BrClNO2/c1-4-2-6(9)5(3-7(4)10)8(12)11-13/h2-3,13H,1H3,(H,11,12). The van der Waals surface area contributed by atoms with Crippen LogP contribution in [0.2, 0.25) is 5.02 Å². The minimum atomic E-state index is -0.589. The largest absolute Gasteiger partial charge is 0.288 e. The molecule has 0 fully saturated rings. The Morgan fingerprint density at radius 1 is 1.62 bits per heavy atom. The van der Waals surface area contributed by atoms with Gasteiger partial charge in [-0.15, -0.1) is 0 Å². The molecule has 0 aliphatic rings. The molecule has 0 radical (unpaired) electrons. The lowest BCUT2D eigenvalue weighted by atomic mass is 10.1. The van der Waals surface area contributed by atoms with Crippen LogP contribution in [0, 0.1) is 6.92 Å². The predicted molar refractivity (Wildman–Crippen MR) is 53.1 cm³/mol. The summed E-state index contributed by atoms with van der Waals surface area (Å²) in [6.45, 7) is 1.83. The van der Waals surface area contributed by atoms with Crippen molar-refractivity contribution in [1.82, 2.24) is 5.48 Å². The smallest absolute Gasteiger partial charge is 0.275 e. The van der Waals surface area contributed by atoms with E-state index in [1.165, 1.54) is 6.07 Å². The van der Waals surface area contributed by atoms with Crippen molar-refractivity contribution in [2.45, 2.75) is 6.92 Å². The van der Waals surface area contributed by atoms with Crippen LogP contribution >= 0.6 is 27.5 Å². The van der Waals surface area contributed by atoms with Crippen LogP contribution in [-0.4, -0.2) is 11.1 Å². The number of carbonyl (C=O) groups excluding carboxylic acids is 1. The maximum Gasteiger partial charge on any atom is 0.275 e. The summed E-state index contributed by atoms with van der Waals surface area (Å²) in [5, 5.41) is 8.90. The average molecular weight is 265 g/mol. The van der Waals surface area contributed by atoms with E-state index in [0.29, 0.717) is 15.1 Å². The van der Waals surface area contributed by atoms with Crippen molar-refractivity contribution in [3.05, 3.63) is 32.8 Å². The van der Waals surface area contributed by atoms with E-state index in [4.69, 9.17) is 16.8 Å². The van der Waals surface area contributed by atoms with Gasteiger partial charge in [0.15, 0.2) is 0 Å². The average Bonchev–Trinajstić information content (AvgIpc) is 2.10. The highest BCUT2D eigenvalue weighted by Gasteiger charge is 2.10. The molecule has 1 rings (SSSR count). The quantitative estimate of drug-likeness (QED) is 0.605. The number of amides is 1. The van der Waals surface area contributed by atoms with Gasteiger partial charge in [-0.2, -0.15) is 0 Å². The number of hydrogen-bond acceptors (Lipinski definition) is 2. The molecule has 0 atom stereocenters.